The van der Waals surface area contributed by atoms with Gasteiger partial charge in [-0.05, 0) is 7.05 Å². The first-order valence-corrected chi connectivity index (χ1v) is 3.27. The normalized spacial score (nSPS) is 22.9. The highest BCUT2D eigenvalue weighted by Crippen LogP contribution is 2.05. The molecule has 0 bridgehead atoms. The lowest BCUT2D eigenvalue weighted by atomic mass is 10.3. The first kappa shape index (κ1) is 6.62. The van der Waals surface area contributed by atoms with Crippen molar-refractivity contribution in [1.82, 2.24) is 9.80 Å². The van der Waals surface area contributed by atoms with Crippen molar-refractivity contribution in [3.63, 3.8) is 0 Å². The van der Waals surface area contributed by atoms with Crippen LogP contribution in [0, 0.1) is 0 Å². The van der Waals surface area contributed by atoms with Crippen molar-refractivity contribution in [3.8, 4) is 0 Å². The summed E-state index contributed by atoms with van der Waals surface area (Å²) >= 11 is 0. The van der Waals surface area contributed by atoms with Crippen molar-refractivity contribution >= 4 is 0 Å². The van der Waals surface area contributed by atoms with E-state index in [0.717, 1.165) is 19.6 Å². The third-order valence-electron chi connectivity index (χ3n) is 1.81. The Morgan fingerprint density at radius 1 is 1.33 bits per heavy atom. The molecular weight excluding hydrogens is 112 g/mol. The second-order valence-corrected chi connectivity index (χ2v) is 2.73. The van der Waals surface area contributed by atoms with Gasteiger partial charge in [0.1, 0.15) is 0 Å². The molecule has 0 aromatic rings. The average Bonchev–Trinajstić information content (AvgIpc) is 1.80. The molecule has 0 saturated carbocycles. The van der Waals surface area contributed by atoms with Gasteiger partial charge in [-0.3, -0.25) is 4.90 Å². The van der Waals surface area contributed by atoms with Crippen LogP contribution in [0.1, 0.15) is 0 Å². The predicted octanol–water partition coefficient (Wildman–Crippen LogP) is 0.377. The van der Waals surface area contributed by atoms with Crippen molar-refractivity contribution in [2.45, 2.75) is 0 Å². The zero-order chi connectivity index (χ0) is 6.85. The minimum Gasteiger partial charge on any atom is -0.376 e. The van der Waals surface area contributed by atoms with Crippen LogP contribution in [0.15, 0.2) is 12.3 Å². The van der Waals surface area contributed by atoms with Crippen molar-refractivity contribution in [3.05, 3.63) is 12.3 Å². The van der Waals surface area contributed by atoms with E-state index < -0.39 is 0 Å². The molecule has 1 fully saturated rings. The van der Waals surface area contributed by atoms with Crippen LogP contribution in [-0.4, -0.2) is 43.5 Å². The van der Waals surface area contributed by atoms with E-state index in [1.165, 1.54) is 5.70 Å². The molecular formula is C7H14N2. The maximum atomic E-state index is 3.93. The Hall–Kier alpha value is -0.500. The highest BCUT2D eigenvalue weighted by atomic mass is 15.2. The van der Waals surface area contributed by atoms with Crippen molar-refractivity contribution in [2.24, 2.45) is 0 Å². The third-order valence-corrected chi connectivity index (χ3v) is 1.81. The number of piperazine rings is 1. The Morgan fingerprint density at radius 2 is 2.00 bits per heavy atom. The molecule has 0 unspecified atom stereocenters. The summed E-state index contributed by atoms with van der Waals surface area (Å²) in [6, 6.07) is 0. The Labute approximate surface area is 56.8 Å². The lowest BCUT2D eigenvalue weighted by Crippen LogP contribution is -2.40. The average molecular weight is 126 g/mol. The third kappa shape index (κ3) is 1.45. The summed E-state index contributed by atoms with van der Waals surface area (Å²) in [5.41, 5.74) is 1.23. The summed E-state index contributed by atoms with van der Waals surface area (Å²) in [5, 5.41) is 0. The standard InChI is InChI=1S/C7H14N2/c1-7-6-8(2)4-5-9(7)3/h1,4-6H2,2-3H3. The second kappa shape index (κ2) is 2.40. The molecule has 0 aromatic carbocycles. The van der Waals surface area contributed by atoms with Crippen LogP contribution in [0.5, 0.6) is 0 Å². The Bertz CT molecular complexity index is 120. The zero-order valence-electron chi connectivity index (χ0n) is 6.22. The quantitative estimate of drug-likeness (QED) is 0.463. The van der Waals surface area contributed by atoms with E-state index in [9.17, 15) is 0 Å². The molecule has 0 atom stereocenters. The van der Waals surface area contributed by atoms with Crippen LogP contribution in [0.4, 0.5) is 0 Å². The Balaban J connectivity index is 2.44. The molecule has 1 heterocycles. The monoisotopic (exact) mass is 126 g/mol. The van der Waals surface area contributed by atoms with Gasteiger partial charge in [-0.15, -0.1) is 0 Å². The number of hydrogen-bond donors (Lipinski definition) is 0. The summed E-state index contributed by atoms with van der Waals surface area (Å²) in [5.74, 6) is 0. The molecule has 0 aliphatic carbocycles. The van der Waals surface area contributed by atoms with Gasteiger partial charge in [0.05, 0.1) is 0 Å². The molecule has 0 spiro atoms. The molecule has 0 N–H and O–H groups in total. The summed E-state index contributed by atoms with van der Waals surface area (Å²) in [6.07, 6.45) is 0. The molecule has 0 radical (unpaired) electrons. The fourth-order valence-electron chi connectivity index (χ4n) is 0.990. The first-order valence-electron chi connectivity index (χ1n) is 3.27. The molecule has 9 heavy (non-hydrogen) atoms. The van der Waals surface area contributed by atoms with Crippen molar-refractivity contribution < 1.29 is 0 Å². The van der Waals surface area contributed by atoms with Crippen LogP contribution in [0.2, 0.25) is 0 Å². The van der Waals surface area contributed by atoms with Crippen molar-refractivity contribution in [1.29, 1.82) is 0 Å². The fraction of sp³-hybridized carbons (Fsp3) is 0.714. The molecule has 2 nitrogen and oxygen atoms in total. The van der Waals surface area contributed by atoms with Gasteiger partial charge in [-0.1, -0.05) is 6.58 Å². The van der Waals surface area contributed by atoms with Crippen LogP contribution in [-0.2, 0) is 0 Å². The van der Waals surface area contributed by atoms with E-state index in [0.29, 0.717) is 0 Å². The fourth-order valence-corrected chi connectivity index (χ4v) is 0.990. The summed E-state index contributed by atoms with van der Waals surface area (Å²) in [6.45, 7) is 7.24. The maximum absolute atomic E-state index is 3.93. The van der Waals surface area contributed by atoms with E-state index in [4.69, 9.17) is 0 Å². The summed E-state index contributed by atoms with van der Waals surface area (Å²) < 4.78 is 0. The van der Waals surface area contributed by atoms with E-state index >= 15 is 0 Å². The Kier molecular flexibility index (Phi) is 1.76. The molecule has 1 aliphatic heterocycles. The van der Waals surface area contributed by atoms with Crippen LogP contribution >= 0.6 is 0 Å². The topological polar surface area (TPSA) is 6.48 Å². The molecule has 1 saturated heterocycles. The molecule has 52 valence electrons. The zero-order valence-corrected chi connectivity index (χ0v) is 6.22. The van der Waals surface area contributed by atoms with Crippen LogP contribution in [0.25, 0.3) is 0 Å². The summed E-state index contributed by atoms with van der Waals surface area (Å²) in [7, 11) is 4.22. The van der Waals surface area contributed by atoms with Gasteiger partial charge in [-0.25, -0.2) is 0 Å². The van der Waals surface area contributed by atoms with E-state index in [1.807, 2.05) is 0 Å². The predicted molar refractivity (Wildman–Crippen MR) is 39.3 cm³/mol. The number of nitrogens with zero attached hydrogens (tertiary/aromatic N) is 2. The molecule has 2 heteroatoms. The van der Waals surface area contributed by atoms with Gasteiger partial charge < -0.3 is 4.90 Å². The van der Waals surface area contributed by atoms with Crippen LogP contribution in [0.3, 0.4) is 0 Å². The lowest BCUT2D eigenvalue weighted by molar-refractivity contribution is 0.230. The number of rotatable bonds is 0. The number of likely N-dealkylation sites (N-methyl/N-ethyl adjacent to an activating group) is 2. The van der Waals surface area contributed by atoms with Gasteiger partial charge in [-0.2, -0.15) is 0 Å². The van der Waals surface area contributed by atoms with Gasteiger partial charge in [0.15, 0.2) is 0 Å². The smallest absolute Gasteiger partial charge is 0.0375 e. The minimum atomic E-state index is 1.02. The lowest BCUT2D eigenvalue weighted by Gasteiger charge is -2.32. The van der Waals surface area contributed by atoms with Gasteiger partial charge in [0.25, 0.3) is 0 Å². The molecule has 0 amide bonds. The van der Waals surface area contributed by atoms with Gasteiger partial charge >= 0.3 is 0 Å². The van der Waals surface area contributed by atoms with Gasteiger partial charge in [0.2, 0.25) is 0 Å². The molecule has 0 aromatic heterocycles. The minimum absolute atomic E-state index is 1.02. The Morgan fingerprint density at radius 3 is 2.44 bits per heavy atom. The highest BCUT2D eigenvalue weighted by molar-refractivity contribution is 4.98. The highest BCUT2D eigenvalue weighted by Gasteiger charge is 2.11. The molecule has 1 aliphatic rings. The second-order valence-electron chi connectivity index (χ2n) is 2.73. The first-order chi connectivity index (χ1) is 4.20. The van der Waals surface area contributed by atoms with E-state index in [-0.39, 0.29) is 0 Å². The molecule has 1 rings (SSSR count). The van der Waals surface area contributed by atoms with Gasteiger partial charge in [0, 0.05) is 32.4 Å². The van der Waals surface area contributed by atoms with Crippen molar-refractivity contribution in [2.75, 3.05) is 33.7 Å². The van der Waals surface area contributed by atoms with Crippen LogP contribution < -0.4 is 0 Å². The van der Waals surface area contributed by atoms with E-state index in [1.54, 1.807) is 0 Å². The number of hydrogen-bond acceptors (Lipinski definition) is 2. The summed E-state index contributed by atoms with van der Waals surface area (Å²) in [4.78, 5) is 4.49. The largest absolute Gasteiger partial charge is 0.376 e. The SMILES string of the molecule is C=C1CN(C)CCN1C. The van der Waals surface area contributed by atoms with E-state index in [2.05, 4.69) is 30.5 Å². The maximum Gasteiger partial charge on any atom is 0.0375 e.